The van der Waals surface area contributed by atoms with Crippen molar-refractivity contribution in [3.63, 3.8) is 0 Å². The fourth-order valence-electron chi connectivity index (χ4n) is 3.67. The van der Waals surface area contributed by atoms with Gasteiger partial charge in [0, 0.05) is 22.2 Å². The molecule has 2 unspecified atom stereocenters. The van der Waals surface area contributed by atoms with E-state index in [0.717, 1.165) is 19.3 Å². The maximum absolute atomic E-state index is 6.56. The Bertz CT molecular complexity index is 500. The number of halogens is 4. The van der Waals surface area contributed by atoms with E-state index in [1.54, 1.807) is 12.1 Å². The zero-order valence-electron chi connectivity index (χ0n) is 11.7. The predicted molar refractivity (Wildman–Crippen MR) is 90.3 cm³/mol. The summed E-state index contributed by atoms with van der Waals surface area (Å²) in [6.45, 7) is 0. The van der Waals surface area contributed by atoms with E-state index in [4.69, 9.17) is 51.1 Å². The Morgan fingerprint density at radius 1 is 0.952 bits per heavy atom. The highest BCUT2D eigenvalue weighted by molar-refractivity contribution is 6.40. The van der Waals surface area contributed by atoms with Crippen LogP contribution in [0.5, 0.6) is 5.75 Å². The molecule has 2 aliphatic rings. The molecule has 0 aliphatic heterocycles. The molecule has 0 amide bonds. The molecule has 3 rings (SSSR count). The van der Waals surface area contributed by atoms with E-state index in [1.165, 1.54) is 25.7 Å². The number of rotatable bonds is 2. The molecule has 1 spiro atoms. The second-order valence-electron chi connectivity index (χ2n) is 6.16. The van der Waals surface area contributed by atoms with Crippen molar-refractivity contribution in [2.75, 3.05) is 0 Å². The summed E-state index contributed by atoms with van der Waals surface area (Å²) in [5, 5.41) is 1.65. The predicted octanol–water partition coefficient (Wildman–Crippen LogP) is 6.75. The van der Waals surface area contributed by atoms with Gasteiger partial charge in [0.25, 0.3) is 0 Å². The van der Waals surface area contributed by atoms with E-state index < -0.39 is 0 Å². The molecule has 2 aliphatic carbocycles. The van der Waals surface area contributed by atoms with E-state index in [0.29, 0.717) is 20.8 Å². The lowest BCUT2D eigenvalue weighted by Gasteiger charge is -2.53. The lowest BCUT2D eigenvalue weighted by atomic mass is 9.61. The highest BCUT2D eigenvalue weighted by Gasteiger charge is 2.55. The van der Waals surface area contributed by atoms with Crippen LogP contribution < -0.4 is 4.74 Å². The molecule has 0 saturated heterocycles. The molecule has 1 nitrogen and oxygen atoms in total. The summed E-state index contributed by atoms with van der Waals surface area (Å²) in [5.41, 5.74) is 0.0876. The first kappa shape index (κ1) is 16.1. The molecule has 1 aromatic rings. The summed E-state index contributed by atoms with van der Waals surface area (Å²) in [5.74, 6) is 0.542. The molecule has 2 atom stereocenters. The van der Waals surface area contributed by atoms with E-state index >= 15 is 0 Å². The van der Waals surface area contributed by atoms with Crippen LogP contribution in [0.1, 0.15) is 44.9 Å². The third kappa shape index (κ3) is 3.00. The Morgan fingerprint density at radius 3 is 2.05 bits per heavy atom. The number of ether oxygens (including phenoxy) is 1. The van der Waals surface area contributed by atoms with E-state index in [2.05, 4.69) is 0 Å². The molecular weight excluding hydrogens is 350 g/mol. The second kappa shape index (κ2) is 6.35. The van der Waals surface area contributed by atoms with Gasteiger partial charge in [-0.1, -0.05) is 60.5 Å². The van der Waals surface area contributed by atoms with E-state index in [9.17, 15) is 0 Å². The molecule has 0 aromatic heterocycles. The summed E-state index contributed by atoms with van der Waals surface area (Å²) >= 11 is 25.0. The van der Waals surface area contributed by atoms with Crippen molar-refractivity contribution in [1.82, 2.24) is 0 Å². The zero-order chi connectivity index (χ0) is 15.0. The van der Waals surface area contributed by atoms with Gasteiger partial charge in [-0.3, -0.25) is 0 Å². The Balaban J connectivity index is 1.82. The highest BCUT2D eigenvalue weighted by atomic mass is 35.5. The van der Waals surface area contributed by atoms with Crippen molar-refractivity contribution in [3.8, 4) is 5.75 Å². The summed E-state index contributed by atoms with van der Waals surface area (Å²) in [4.78, 5) is 0. The lowest BCUT2D eigenvalue weighted by Crippen LogP contribution is -2.57. The standard InChI is InChI=1S/C16H18Cl4O/c17-10-7-11(18)15(12(19)8-10)21-14-9-13(20)16(14)5-3-1-2-4-6-16/h7-8,13-14H,1-6,9H2. The molecule has 0 N–H and O–H groups in total. The highest BCUT2D eigenvalue weighted by Crippen LogP contribution is 2.55. The van der Waals surface area contributed by atoms with Crippen molar-refractivity contribution < 1.29 is 4.74 Å². The number of alkyl halides is 1. The smallest absolute Gasteiger partial charge is 0.157 e. The van der Waals surface area contributed by atoms with Gasteiger partial charge in [0.15, 0.2) is 5.75 Å². The summed E-state index contributed by atoms with van der Waals surface area (Å²) in [6.07, 6.45) is 8.27. The van der Waals surface area contributed by atoms with Gasteiger partial charge in [0.2, 0.25) is 0 Å². The normalized spacial score (nSPS) is 28.0. The maximum atomic E-state index is 6.56. The first-order chi connectivity index (χ1) is 10.0. The van der Waals surface area contributed by atoms with Crippen LogP contribution in [0, 0.1) is 5.41 Å². The minimum Gasteiger partial charge on any atom is -0.487 e. The van der Waals surface area contributed by atoms with Crippen molar-refractivity contribution in [3.05, 3.63) is 27.2 Å². The van der Waals surface area contributed by atoms with Crippen LogP contribution in [-0.4, -0.2) is 11.5 Å². The average Bonchev–Trinajstić information content (AvgIpc) is 2.69. The van der Waals surface area contributed by atoms with Gasteiger partial charge in [0.1, 0.15) is 6.10 Å². The third-order valence-electron chi connectivity index (χ3n) is 4.94. The van der Waals surface area contributed by atoms with Gasteiger partial charge in [-0.15, -0.1) is 11.6 Å². The summed E-state index contributed by atoms with van der Waals surface area (Å²) < 4.78 is 6.18. The minimum atomic E-state index is 0.0876. The van der Waals surface area contributed by atoms with Crippen molar-refractivity contribution in [2.45, 2.75) is 56.4 Å². The van der Waals surface area contributed by atoms with Crippen LogP contribution >= 0.6 is 46.4 Å². The Labute approximate surface area is 145 Å². The van der Waals surface area contributed by atoms with Crippen LogP contribution in [0.15, 0.2) is 12.1 Å². The van der Waals surface area contributed by atoms with Crippen LogP contribution in [0.2, 0.25) is 15.1 Å². The quantitative estimate of drug-likeness (QED) is 0.525. The summed E-state index contributed by atoms with van der Waals surface area (Å²) in [6, 6.07) is 3.34. The molecular formula is C16H18Cl4O. The van der Waals surface area contributed by atoms with Gasteiger partial charge in [-0.2, -0.15) is 0 Å². The minimum absolute atomic E-state index is 0.0876. The van der Waals surface area contributed by atoms with Gasteiger partial charge in [-0.25, -0.2) is 0 Å². The second-order valence-corrected chi connectivity index (χ2v) is 7.93. The third-order valence-corrected chi connectivity index (χ3v) is 6.34. The fourth-order valence-corrected chi connectivity index (χ4v) is 5.10. The molecule has 5 heteroatoms. The zero-order valence-corrected chi connectivity index (χ0v) is 14.7. The van der Waals surface area contributed by atoms with Crippen LogP contribution in [0.3, 0.4) is 0 Å². The largest absolute Gasteiger partial charge is 0.487 e. The summed E-state index contributed by atoms with van der Waals surface area (Å²) in [7, 11) is 0. The molecule has 0 bridgehead atoms. The number of hydrogen-bond acceptors (Lipinski definition) is 1. The SMILES string of the molecule is Clc1cc(Cl)c(OC2CC(Cl)C23CCCCCC3)c(Cl)c1. The molecule has 0 radical (unpaired) electrons. The lowest BCUT2D eigenvalue weighted by molar-refractivity contribution is -0.0511. The van der Waals surface area contributed by atoms with Crippen LogP contribution in [0.4, 0.5) is 0 Å². The van der Waals surface area contributed by atoms with E-state index in [-0.39, 0.29) is 16.9 Å². The maximum Gasteiger partial charge on any atom is 0.157 e. The van der Waals surface area contributed by atoms with Crippen molar-refractivity contribution >= 4 is 46.4 Å². The van der Waals surface area contributed by atoms with Gasteiger partial charge in [-0.05, 0) is 25.0 Å². The average molecular weight is 368 g/mol. The van der Waals surface area contributed by atoms with Crippen LogP contribution in [-0.2, 0) is 0 Å². The number of hydrogen-bond donors (Lipinski definition) is 0. The monoisotopic (exact) mass is 366 g/mol. The Morgan fingerprint density at radius 2 is 1.52 bits per heavy atom. The Hall–Kier alpha value is 0.180. The first-order valence-corrected chi connectivity index (χ1v) is 9.05. The Kier molecular flexibility index (Phi) is 4.86. The molecule has 116 valence electrons. The van der Waals surface area contributed by atoms with Gasteiger partial charge in [0.05, 0.1) is 10.0 Å². The van der Waals surface area contributed by atoms with Gasteiger partial charge >= 0.3 is 0 Å². The van der Waals surface area contributed by atoms with Gasteiger partial charge < -0.3 is 4.74 Å². The molecule has 21 heavy (non-hydrogen) atoms. The topological polar surface area (TPSA) is 9.23 Å². The number of benzene rings is 1. The molecule has 0 heterocycles. The molecule has 2 fully saturated rings. The molecule has 1 aromatic carbocycles. The van der Waals surface area contributed by atoms with Crippen LogP contribution in [0.25, 0.3) is 0 Å². The van der Waals surface area contributed by atoms with Crippen molar-refractivity contribution in [1.29, 1.82) is 0 Å². The first-order valence-electron chi connectivity index (χ1n) is 7.48. The van der Waals surface area contributed by atoms with E-state index in [1.807, 2.05) is 0 Å². The van der Waals surface area contributed by atoms with Crippen molar-refractivity contribution in [2.24, 2.45) is 5.41 Å². The molecule has 2 saturated carbocycles. The fraction of sp³-hybridized carbons (Fsp3) is 0.625.